The summed E-state index contributed by atoms with van der Waals surface area (Å²) in [6, 6.07) is 0. The summed E-state index contributed by atoms with van der Waals surface area (Å²) >= 11 is 0. The third kappa shape index (κ3) is 78.0. The van der Waals surface area contributed by atoms with Gasteiger partial charge in [0, 0.05) is 25.7 Å². The highest BCUT2D eigenvalue weighted by Crippen LogP contribution is 2.45. The molecule has 0 rings (SSSR count). The van der Waals surface area contributed by atoms with Gasteiger partial charge in [-0.3, -0.25) is 37.3 Å². The Kier molecular flexibility index (Phi) is 76.7. The standard InChI is InChI=1S/C84H164O17P2/c1-5-9-13-17-21-25-29-32-34-36-38-39-41-43-45-48-51-55-59-63-67-71-84(89)101-80(75-95-82(87)69-65-61-57-53-49-47-44-42-40-37-35-33-30-26-22-18-14-10-6-2)77-99-103(92,93)97-73-78(85)72-96-102(90,91)98-76-79(74-94-81(86)68-64-60-56-52-28-24-20-16-12-8-4)100-83(88)70-66-62-58-54-50-46-31-27-23-19-15-11-7-3/h78-80,85H,5-77H2,1-4H3,(H,90,91)(H,92,93)/t78-,79+,80+/m0/s1. The minimum atomic E-state index is -4.96. The van der Waals surface area contributed by atoms with Crippen molar-refractivity contribution in [1.82, 2.24) is 0 Å². The van der Waals surface area contributed by atoms with E-state index in [1.54, 1.807) is 0 Å². The summed E-state index contributed by atoms with van der Waals surface area (Å²) in [6.45, 7) is 5.03. The number of esters is 4. The van der Waals surface area contributed by atoms with Crippen LogP contribution in [0.3, 0.4) is 0 Å². The van der Waals surface area contributed by atoms with Gasteiger partial charge in [0.25, 0.3) is 0 Å². The zero-order valence-corrected chi connectivity index (χ0v) is 69.1. The number of phosphoric ester groups is 2. The second-order valence-electron chi connectivity index (χ2n) is 30.2. The van der Waals surface area contributed by atoms with E-state index >= 15 is 0 Å². The molecule has 17 nitrogen and oxygen atoms in total. The zero-order chi connectivity index (χ0) is 75.3. The van der Waals surface area contributed by atoms with Crippen LogP contribution in [0.4, 0.5) is 0 Å². The van der Waals surface area contributed by atoms with Crippen LogP contribution >= 0.6 is 15.6 Å². The van der Waals surface area contributed by atoms with Crippen LogP contribution in [0.2, 0.25) is 0 Å². The van der Waals surface area contributed by atoms with Crippen molar-refractivity contribution in [3.8, 4) is 0 Å². The molecule has 5 atom stereocenters. The van der Waals surface area contributed by atoms with E-state index < -0.39 is 97.5 Å². The SMILES string of the molecule is CCCCCCCCCCCCCCCCCCCCCCCC(=O)O[C@H](COC(=O)CCCCCCCCCCCCCCCCCCCCC)COP(=O)(O)OC[C@@H](O)COP(=O)(O)OC[C@@H](COC(=O)CCCCCCCCCCCC)OC(=O)CCCCCCCCCCCCCCC. The summed E-state index contributed by atoms with van der Waals surface area (Å²) in [5.41, 5.74) is 0. The lowest BCUT2D eigenvalue weighted by atomic mass is 10.0. The summed E-state index contributed by atoms with van der Waals surface area (Å²) in [6.07, 6.45) is 72.2. The molecule has 0 aliphatic heterocycles. The predicted molar refractivity (Wildman–Crippen MR) is 423 cm³/mol. The third-order valence-corrected chi connectivity index (χ3v) is 21.8. The Bertz CT molecular complexity index is 1950. The third-order valence-electron chi connectivity index (χ3n) is 19.9. The number of hydrogen-bond acceptors (Lipinski definition) is 15. The molecule has 103 heavy (non-hydrogen) atoms. The number of aliphatic hydroxyl groups is 1. The molecular weight excluding hydrogens is 1340 g/mol. The molecule has 3 N–H and O–H groups in total. The average Bonchev–Trinajstić information content (AvgIpc) is 0.942. The quantitative estimate of drug-likeness (QED) is 0.0222. The van der Waals surface area contributed by atoms with Gasteiger partial charge in [0.15, 0.2) is 12.2 Å². The highest BCUT2D eigenvalue weighted by atomic mass is 31.2. The molecule has 0 radical (unpaired) electrons. The van der Waals surface area contributed by atoms with E-state index in [0.717, 1.165) is 89.9 Å². The summed E-state index contributed by atoms with van der Waals surface area (Å²) in [7, 11) is -9.92. The van der Waals surface area contributed by atoms with Crippen LogP contribution in [0.1, 0.15) is 458 Å². The van der Waals surface area contributed by atoms with Crippen molar-refractivity contribution in [3.05, 3.63) is 0 Å². The predicted octanol–water partition coefficient (Wildman–Crippen LogP) is 25.7. The number of rotatable bonds is 85. The van der Waals surface area contributed by atoms with Crippen LogP contribution in [0.15, 0.2) is 0 Å². The minimum Gasteiger partial charge on any atom is -0.462 e. The molecule has 0 bridgehead atoms. The second-order valence-corrected chi connectivity index (χ2v) is 33.1. The van der Waals surface area contributed by atoms with E-state index in [4.69, 9.17) is 37.0 Å². The van der Waals surface area contributed by atoms with Crippen molar-refractivity contribution in [3.63, 3.8) is 0 Å². The first-order valence-corrected chi connectivity index (χ1v) is 46.8. The number of unbranched alkanes of at least 4 members (excludes halogenated alkanes) is 59. The van der Waals surface area contributed by atoms with Crippen molar-refractivity contribution < 1.29 is 80.2 Å². The topological polar surface area (TPSA) is 237 Å². The highest BCUT2D eigenvalue weighted by Gasteiger charge is 2.30. The van der Waals surface area contributed by atoms with Gasteiger partial charge in [-0.05, 0) is 25.7 Å². The lowest BCUT2D eigenvalue weighted by Gasteiger charge is -2.21. The van der Waals surface area contributed by atoms with Gasteiger partial charge in [0.2, 0.25) is 0 Å². The summed E-state index contributed by atoms with van der Waals surface area (Å²) in [4.78, 5) is 73.1. The van der Waals surface area contributed by atoms with Crippen LogP contribution in [-0.4, -0.2) is 96.7 Å². The van der Waals surface area contributed by atoms with Crippen molar-refractivity contribution >= 4 is 39.5 Å². The average molecular weight is 1510 g/mol. The van der Waals surface area contributed by atoms with Crippen LogP contribution < -0.4 is 0 Å². The van der Waals surface area contributed by atoms with Crippen LogP contribution in [0.25, 0.3) is 0 Å². The minimum absolute atomic E-state index is 0.108. The molecule has 612 valence electrons. The summed E-state index contributed by atoms with van der Waals surface area (Å²) in [5.74, 6) is -2.10. The van der Waals surface area contributed by atoms with Gasteiger partial charge in [-0.25, -0.2) is 9.13 Å². The van der Waals surface area contributed by atoms with Gasteiger partial charge in [0.1, 0.15) is 19.3 Å². The fourth-order valence-corrected chi connectivity index (χ4v) is 14.7. The van der Waals surface area contributed by atoms with Crippen LogP contribution in [0, 0.1) is 0 Å². The normalized spacial score (nSPS) is 13.7. The first-order valence-electron chi connectivity index (χ1n) is 43.8. The van der Waals surface area contributed by atoms with E-state index in [1.165, 1.54) is 289 Å². The first-order chi connectivity index (χ1) is 50.2. The number of phosphoric acid groups is 2. The van der Waals surface area contributed by atoms with E-state index in [0.29, 0.717) is 25.7 Å². The first kappa shape index (κ1) is 101. The fraction of sp³-hybridized carbons (Fsp3) is 0.952. The molecule has 0 fully saturated rings. The maximum atomic E-state index is 13.1. The molecule has 0 spiro atoms. The van der Waals surface area contributed by atoms with Crippen LogP contribution in [0.5, 0.6) is 0 Å². The molecule has 0 saturated carbocycles. The lowest BCUT2D eigenvalue weighted by Crippen LogP contribution is -2.30. The van der Waals surface area contributed by atoms with Gasteiger partial charge < -0.3 is 33.8 Å². The second kappa shape index (κ2) is 78.2. The van der Waals surface area contributed by atoms with E-state index in [9.17, 15) is 43.2 Å². The fourth-order valence-electron chi connectivity index (χ4n) is 13.2. The largest absolute Gasteiger partial charge is 0.472 e. The Hall–Kier alpha value is -1.94. The Labute approximate surface area is 632 Å². The Morgan fingerprint density at radius 3 is 0.573 bits per heavy atom. The summed E-state index contributed by atoms with van der Waals surface area (Å²) in [5, 5.41) is 10.7. The maximum Gasteiger partial charge on any atom is 0.472 e. The van der Waals surface area contributed by atoms with Gasteiger partial charge in [-0.2, -0.15) is 0 Å². The Morgan fingerprint density at radius 1 is 0.233 bits per heavy atom. The van der Waals surface area contributed by atoms with Gasteiger partial charge in [0.05, 0.1) is 26.4 Å². The maximum absolute atomic E-state index is 13.1. The van der Waals surface area contributed by atoms with Crippen molar-refractivity contribution in [2.45, 2.75) is 476 Å². The summed E-state index contributed by atoms with van der Waals surface area (Å²) < 4.78 is 68.8. The lowest BCUT2D eigenvalue weighted by molar-refractivity contribution is -0.161. The highest BCUT2D eigenvalue weighted by molar-refractivity contribution is 7.47. The molecule has 0 aliphatic rings. The van der Waals surface area contributed by atoms with E-state index in [1.807, 2.05) is 0 Å². The molecule has 0 aromatic rings. The number of ether oxygens (including phenoxy) is 4. The van der Waals surface area contributed by atoms with Gasteiger partial charge in [-0.1, -0.05) is 407 Å². The van der Waals surface area contributed by atoms with Gasteiger partial charge in [-0.15, -0.1) is 0 Å². The van der Waals surface area contributed by atoms with Crippen molar-refractivity contribution in [1.29, 1.82) is 0 Å². The number of carbonyl (C=O) groups is 4. The molecule has 0 saturated heterocycles. The zero-order valence-electron chi connectivity index (χ0n) is 67.3. The van der Waals surface area contributed by atoms with Crippen molar-refractivity contribution in [2.75, 3.05) is 39.6 Å². The molecule has 0 aliphatic carbocycles. The number of aliphatic hydroxyl groups excluding tert-OH is 1. The molecular formula is C84H164O17P2. The Balaban J connectivity index is 5.21. The Morgan fingerprint density at radius 2 is 0.388 bits per heavy atom. The van der Waals surface area contributed by atoms with Crippen molar-refractivity contribution in [2.24, 2.45) is 0 Å². The molecule has 0 amide bonds. The van der Waals surface area contributed by atoms with E-state index in [2.05, 4.69) is 27.7 Å². The number of carbonyl (C=O) groups excluding carboxylic acids is 4. The number of hydrogen-bond donors (Lipinski definition) is 3. The molecule has 19 heteroatoms. The molecule has 0 heterocycles. The van der Waals surface area contributed by atoms with Gasteiger partial charge >= 0.3 is 39.5 Å². The van der Waals surface area contributed by atoms with E-state index in [-0.39, 0.29) is 25.7 Å². The smallest absolute Gasteiger partial charge is 0.462 e. The molecule has 0 aromatic carbocycles. The molecule has 0 aromatic heterocycles. The van der Waals surface area contributed by atoms with Crippen LogP contribution in [-0.2, 0) is 65.4 Å². The monoisotopic (exact) mass is 1510 g/mol. The molecule has 2 unspecified atom stereocenters.